The van der Waals surface area contributed by atoms with Gasteiger partial charge in [0.05, 0.1) is 12.4 Å². The Hall–Kier alpha value is -0.330. The molecule has 0 spiro atoms. The van der Waals surface area contributed by atoms with Gasteiger partial charge in [-0.05, 0) is 19.5 Å². The van der Waals surface area contributed by atoms with E-state index in [2.05, 4.69) is 9.80 Å². The van der Waals surface area contributed by atoms with Gasteiger partial charge in [0.15, 0.2) is 0 Å². The van der Waals surface area contributed by atoms with E-state index in [9.17, 15) is 8.42 Å². The van der Waals surface area contributed by atoms with Crippen molar-refractivity contribution < 1.29 is 28.3 Å². The molecular weight excluding hydrogens is 326 g/mol. The van der Waals surface area contributed by atoms with Gasteiger partial charge in [-0.1, -0.05) is 0 Å². The molecule has 0 amide bonds. The summed E-state index contributed by atoms with van der Waals surface area (Å²) < 4.78 is 29.6. The molecule has 0 atom stereocenters. The number of hydrogen-bond donors (Lipinski definition) is 5. The number of hydrogen-bond acceptors (Lipinski definition) is 8. The number of aliphatic hydroxyl groups excluding tert-OH is 3. The minimum absolute atomic E-state index is 0.0208. The van der Waals surface area contributed by atoms with Gasteiger partial charge in [0.25, 0.3) is 10.1 Å². The zero-order valence-electron chi connectivity index (χ0n) is 13.5. The molecule has 9 nitrogen and oxygen atoms in total. The molecule has 0 aromatic carbocycles. The smallest absolute Gasteiger partial charge is 0.264 e. The second kappa shape index (κ2) is 13.0. The van der Waals surface area contributed by atoms with Gasteiger partial charge >= 0.3 is 0 Å². The fraction of sp³-hybridized carbons (Fsp3) is 1.00. The van der Waals surface area contributed by atoms with Crippen LogP contribution in [-0.2, 0) is 10.1 Å². The van der Waals surface area contributed by atoms with Gasteiger partial charge in [-0.3, -0.25) is 9.45 Å². The Morgan fingerprint density at radius 3 is 1.74 bits per heavy atom. The van der Waals surface area contributed by atoms with Crippen molar-refractivity contribution in [1.82, 2.24) is 9.80 Å². The van der Waals surface area contributed by atoms with Crippen molar-refractivity contribution >= 4 is 10.1 Å². The van der Waals surface area contributed by atoms with Crippen LogP contribution in [0.1, 0.15) is 6.42 Å². The maximum Gasteiger partial charge on any atom is 0.264 e. The molecule has 23 heavy (non-hydrogen) atoms. The molecule has 0 aromatic rings. The van der Waals surface area contributed by atoms with E-state index in [1.54, 1.807) is 0 Å². The van der Waals surface area contributed by atoms with Gasteiger partial charge in [-0.2, -0.15) is 8.42 Å². The maximum absolute atomic E-state index is 10.5. The summed E-state index contributed by atoms with van der Waals surface area (Å²) in [5, 5.41) is 25.3. The number of piperazine rings is 1. The molecule has 0 aliphatic carbocycles. The molecule has 1 aliphatic rings. The molecule has 10 heteroatoms. The molecule has 0 unspecified atom stereocenters. The molecule has 1 rings (SSSR count). The average molecular weight is 357 g/mol. The average Bonchev–Trinajstić information content (AvgIpc) is 2.50. The van der Waals surface area contributed by atoms with Crippen LogP contribution in [0.25, 0.3) is 0 Å². The largest absolute Gasteiger partial charge is 0.396 e. The molecule has 1 saturated heterocycles. The summed E-state index contributed by atoms with van der Waals surface area (Å²) in [4.78, 5) is 4.36. The van der Waals surface area contributed by atoms with E-state index in [4.69, 9.17) is 25.6 Å². The Bertz CT molecular complexity index is 364. The van der Waals surface area contributed by atoms with Crippen molar-refractivity contribution in [3.8, 4) is 0 Å². The van der Waals surface area contributed by atoms with Crippen LogP contribution in [0, 0.1) is 5.92 Å². The van der Waals surface area contributed by atoms with E-state index < -0.39 is 10.1 Å². The lowest BCUT2D eigenvalue weighted by atomic mass is 10.2. The number of β-amino-alcohol motifs (C(OH)–C–C–N with tert-alkyl or cyclic N) is 1. The minimum Gasteiger partial charge on any atom is -0.396 e. The number of rotatable bonds is 9. The van der Waals surface area contributed by atoms with E-state index in [0.29, 0.717) is 26.1 Å². The van der Waals surface area contributed by atoms with Gasteiger partial charge in [0.1, 0.15) is 0 Å². The highest BCUT2D eigenvalue weighted by molar-refractivity contribution is 7.85. The fourth-order valence-electron chi connectivity index (χ4n) is 2.06. The lowest BCUT2D eigenvalue weighted by Gasteiger charge is -2.34. The summed E-state index contributed by atoms with van der Waals surface area (Å²) in [7, 11) is -3.81. The molecule has 6 N–H and O–H groups in total. The highest BCUT2D eigenvalue weighted by Gasteiger charge is 2.16. The molecular formula is C13H31N3O6S. The summed E-state index contributed by atoms with van der Waals surface area (Å²) in [6.45, 7) is 5.51. The lowest BCUT2D eigenvalue weighted by molar-refractivity contribution is 0.113. The third-order valence-corrected chi connectivity index (χ3v) is 4.41. The standard InChI is InChI=1S/C9H20N2O4S.C4H11NO2/c12-8-7-11-5-3-10(4-6-11)2-1-9-16(13,14)15;5-1-4(2-6)3-7/h12H,1-9H2,(H,13,14,15);4,6-7H,1-3,5H2. The monoisotopic (exact) mass is 357 g/mol. The van der Waals surface area contributed by atoms with Gasteiger partial charge in [-0.15, -0.1) is 0 Å². The van der Waals surface area contributed by atoms with Crippen molar-refractivity contribution in [3.05, 3.63) is 0 Å². The zero-order chi connectivity index (χ0) is 17.7. The van der Waals surface area contributed by atoms with Crippen LogP contribution in [-0.4, -0.2) is 109 Å². The predicted molar refractivity (Wildman–Crippen MR) is 87.7 cm³/mol. The molecule has 1 aliphatic heterocycles. The van der Waals surface area contributed by atoms with Crippen LogP contribution in [0.3, 0.4) is 0 Å². The van der Waals surface area contributed by atoms with Gasteiger partial charge in [0.2, 0.25) is 0 Å². The van der Waals surface area contributed by atoms with Crippen LogP contribution >= 0.6 is 0 Å². The van der Waals surface area contributed by atoms with E-state index in [1.807, 2.05) is 0 Å². The Morgan fingerprint density at radius 2 is 1.43 bits per heavy atom. The third-order valence-electron chi connectivity index (χ3n) is 3.61. The molecule has 0 aromatic heterocycles. The van der Waals surface area contributed by atoms with Gasteiger partial charge in [0, 0.05) is 51.9 Å². The molecule has 0 radical (unpaired) electrons. The van der Waals surface area contributed by atoms with Crippen molar-refractivity contribution in [2.24, 2.45) is 11.7 Å². The van der Waals surface area contributed by atoms with E-state index in [-0.39, 0.29) is 31.5 Å². The third kappa shape index (κ3) is 12.7. The van der Waals surface area contributed by atoms with E-state index in [1.165, 1.54) is 0 Å². The first kappa shape index (κ1) is 22.7. The first-order chi connectivity index (χ1) is 10.9. The topological polar surface area (TPSA) is 148 Å². The molecule has 1 fully saturated rings. The summed E-state index contributed by atoms with van der Waals surface area (Å²) in [6.07, 6.45) is 0.471. The van der Waals surface area contributed by atoms with Crippen molar-refractivity contribution in [2.75, 3.05) is 71.4 Å². The predicted octanol–water partition coefficient (Wildman–Crippen LogP) is -2.58. The number of nitrogens with two attached hydrogens (primary N) is 1. The van der Waals surface area contributed by atoms with Crippen molar-refractivity contribution in [2.45, 2.75) is 6.42 Å². The number of aliphatic hydroxyl groups is 3. The normalized spacial score (nSPS) is 17.1. The van der Waals surface area contributed by atoms with Crippen molar-refractivity contribution in [1.29, 1.82) is 0 Å². The minimum atomic E-state index is -3.81. The van der Waals surface area contributed by atoms with Crippen LogP contribution < -0.4 is 5.73 Å². The van der Waals surface area contributed by atoms with Crippen LogP contribution in [0.15, 0.2) is 0 Å². The Kier molecular flexibility index (Phi) is 12.8. The highest BCUT2D eigenvalue weighted by Crippen LogP contribution is 2.02. The summed E-state index contributed by atoms with van der Waals surface area (Å²) in [5.74, 6) is -0.288. The van der Waals surface area contributed by atoms with Crippen molar-refractivity contribution in [3.63, 3.8) is 0 Å². The van der Waals surface area contributed by atoms with E-state index >= 15 is 0 Å². The molecule has 140 valence electrons. The second-order valence-corrected chi connectivity index (χ2v) is 7.09. The quantitative estimate of drug-likeness (QED) is 0.281. The second-order valence-electron chi connectivity index (χ2n) is 5.51. The first-order valence-electron chi connectivity index (χ1n) is 7.78. The molecule has 1 heterocycles. The summed E-state index contributed by atoms with van der Waals surface area (Å²) in [5.41, 5.74) is 5.07. The van der Waals surface area contributed by atoms with Gasteiger partial charge < -0.3 is 26.0 Å². The van der Waals surface area contributed by atoms with Crippen LogP contribution in [0.2, 0.25) is 0 Å². The lowest BCUT2D eigenvalue weighted by Crippen LogP contribution is -2.47. The molecule has 0 saturated carbocycles. The Morgan fingerprint density at radius 1 is 0.957 bits per heavy atom. The van der Waals surface area contributed by atoms with Crippen LogP contribution in [0.4, 0.5) is 0 Å². The van der Waals surface area contributed by atoms with Gasteiger partial charge in [-0.25, -0.2) is 0 Å². The zero-order valence-corrected chi connectivity index (χ0v) is 14.4. The summed E-state index contributed by atoms with van der Waals surface area (Å²) >= 11 is 0. The van der Waals surface area contributed by atoms with Crippen LogP contribution in [0.5, 0.6) is 0 Å². The van der Waals surface area contributed by atoms with E-state index in [0.717, 1.165) is 26.2 Å². The number of nitrogens with zero attached hydrogens (tertiary/aromatic N) is 2. The summed E-state index contributed by atoms with van der Waals surface area (Å²) in [6, 6.07) is 0. The first-order valence-corrected chi connectivity index (χ1v) is 9.39. The fourth-order valence-corrected chi connectivity index (χ4v) is 2.55. The Balaban J connectivity index is 0.000000585. The molecule has 0 bridgehead atoms. The SMILES string of the molecule is NCC(CO)CO.O=S(=O)(O)CCCN1CCN(CCO)CC1. The maximum atomic E-state index is 10.5. The Labute approximate surface area is 138 Å². The highest BCUT2D eigenvalue weighted by atomic mass is 32.2.